The number of ether oxygens (including phenoxy) is 1. The molecule has 0 aliphatic rings. The summed E-state index contributed by atoms with van der Waals surface area (Å²) in [6.07, 6.45) is 3.90. The molecule has 2 nitrogen and oxygen atoms in total. The molecule has 0 aliphatic carbocycles. The van der Waals surface area contributed by atoms with Gasteiger partial charge >= 0.3 is 0 Å². The quantitative estimate of drug-likeness (QED) is 0.739. The first kappa shape index (κ1) is 17.3. The Morgan fingerprint density at radius 2 is 1.90 bits per heavy atom. The van der Waals surface area contributed by atoms with E-state index in [9.17, 15) is 0 Å². The highest BCUT2D eigenvalue weighted by Gasteiger charge is 2.16. The summed E-state index contributed by atoms with van der Waals surface area (Å²) >= 11 is 6.43. The van der Waals surface area contributed by atoms with Crippen LogP contribution in [-0.2, 0) is 6.42 Å². The summed E-state index contributed by atoms with van der Waals surface area (Å²) in [5.74, 6) is 1.30. The van der Waals surface area contributed by atoms with Crippen molar-refractivity contribution in [1.29, 1.82) is 0 Å². The molecule has 2 unspecified atom stereocenters. The molecule has 0 amide bonds. The standard InChI is InChI=1S/C17H28ClNO/c1-5-8-20-17-15(12(4)6-2)10-13(11-16(17)18)9-14(19)7-3/h10-12,14H,5-9,19H2,1-4H3. The Balaban J connectivity index is 3.11. The first-order valence-electron chi connectivity index (χ1n) is 7.74. The van der Waals surface area contributed by atoms with Crippen LogP contribution in [0.25, 0.3) is 0 Å². The molecule has 0 aromatic heterocycles. The SMILES string of the molecule is CCCOc1c(Cl)cc(CC(N)CC)cc1C(C)CC. The van der Waals surface area contributed by atoms with E-state index in [1.807, 2.05) is 6.07 Å². The molecular weight excluding hydrogens is 270 g/mol. The van der Waals surface area contributed by atoms with E-state index < -0.39 is 0 Å². The number of hydrogen-bond donors (Lipinski definition) is 1. The van der Waals surface area contributed by atoms with Gasteiger partial charge in [0.15, 0.2) is 0 Å². The molecule has 20 heavy (non-hydrogen) atoms. The van der Waals surface area contributed by atoms with Gasteiger partial charge in [-0.05, 0) is 48.8 Å². The van der Waals surface area contributed by atoms with Gasteiger partial charge in [-0.2, -0.15) is 0 Å². The van der Waals surface area contributed by atoms with Gasteiger partial charge in [0.25, 0.3) is 0 Å². The van der Waals surface area contributed by atoms with E-state index in [4.69, 9.17) is 22.1 Å². The summed E-state index contributed by atoms with van der Waals surface area (Å²) in [7, 11) is 0. The van der Waals surface area contributed by atoms with Crippen LogP contribution in [0.5, 0.6) is 5.75 Å². The van der Waals surface area contributed by atoms with Crippen molar-refractivity contribution >= 4 is 11.6 Å². The van der Waals surface area contributed by atoms with Crippen molar-refractivity contribution < 1.29 is 4.74 Å². The summed E-state index contributed by atoms with van der Waals surface area (Å²) in [6.45, 7) is 9.32. The molecule has 2 atom stereocenters. The average Bonchev–Trinajstić information content (AvgIpc) is 2.44. The zero-order valence-electron chi connectivity index (χ0n) is 13.2. The van der Waals surface area contributed by atoms with E-state index in [1.165, 1.54) is 11.1 Å². The molecule has 0 spiro atoms. The van der Waals surface area contributed by atoms with Crippen molar-refractivity contribution in [3.05, 3.63) is 28.3 Å². The highest BCUT2D eigenvalue weighted by Crippen LogP contribution is 2.36. The minimum Gasteiger partial charge on any atom is -0.492 e. The first-order valence-corrected chi connectivity index (χ1v) is 8.11. The fourth-order valence-electron chi connectivity index (χ4n) is 2.18. The van der Waals surface area contributed by atoms with Crippen molar-refractivity contribution in [1.82, 2.24) is 0 Å². The zero-order chi connectivity index (χ0) is 15.1. The van der Waals surface area contributed by atoms with Crippen molar-refractivity contribution in [2.45, 2.75) is 65.3 Å². The Morgan fingerprint density at radius 1 is 1.20 bits per heavy atom. The fourth-order valence-corrected chi connectivity index (χ4v) is 2.48. The van der Waals surface area contributed by atoms with Crippen LogP contribution in [0.1, 0.15) is 64.0 Å². The van der Waals surface area contributed by atoms with E-state index >= 15 is 0 Å². The lowest BCUT2D eigenvalue weighted by molar-refractivity contribution is 0.312. The topological polar surface area (TPSA) is 35.2 Å². The van der Waals surface area contributed by atoms with Gasteiger partial charge in [0, 0.05) is 6.04 Å². The van der Waals surface area contributed by atoms with Crippen molar-refractivity contribution in [2.75, 3.05) is 6.61 Å². The molecule has 114 valence electrons. The van der Waals surface area contributed by atoms with Crippen molar-refractivity contribution in [3.63, 3.8) is 0 Å². The van der Waals surface area contributed by atoms with Crippen LogP contribution in [0, 0.1) is 0 Å². The van der Waals surface area contributed by atoms with E-state index in [2.05, 4.69) is 33.8 Å². The molecule has 1 aromatic carbocycles. The Morgan fingerprint density at radius 3 is 2.45 bits per heavy atom. The molecule has 0 saturated carbocycles. The lowest BCUT2D eigenvalue weighted by Crippen LogP contribution is -2.21. The van der Waals surface area contributed by atoms with Crippen LogP contribution in [0.4, 0.5) is 0 Å². The van der Waals surface area contributed by atoms with Crippen LogP contribution in [0.15, 0.2) is 12.1 Å². The molecule has 0 radical (unpaired) electrons. The molecular formula is C17H28ClNO. The Bertz CT molecular complexity index is 420. The largest absolute Gasteiger partial charge is 0.492 e. The van der Waals surface area contributed by atoms with Crippen LogP contribution in [0.2, 0.25) is 5.02 Å². The monoisotopic (exact) mass is 297 g/mol. The molecule has 3 heteroatoms. The van der Waals surface area contributed by atoms with E-state index in [0.29, 0.717) is 12.5 Å². The third-order valence-corrected chi connectivity index (χ3v) is 4.03. The highest BCUT2D eigenvalue weighted by molar-refractivity contribution is 6.32. The summed E-state index contributed by atoms with van der Waals surface area (Å²) < 4.78 is 5.86. The second kappa shape index (κ2) is 8.53. The molecule has 0 fully saturated rings. The van der Waals surface area contributed by atoms with E-state index in [-0.39, 0.29) is 6.04 Å². The summed E-state index contributed by atoms with van der Waals surface area (Å²) in [5.41, 5.74) is 8.48. The van der Waals surface area contributed by atoms with E-state index in [0.717, 1.165) is 36.5 Å². The maximum atomic E-state index is 6.43. The summed E-state index contributed by atoms with van der Waals surface area (Å²) in [5, 5.41) is 0.717. The maximum Gasteiger partial charge on any atom is 0.141 e. The second-order valence-electron chi connectivity index (χ2n) is 5.53. The predicted molar refractivity (Wildman–Crippen MR) is 87.9 cm³/mol. The molecule has 2 N–H and O–H groups in total. The number of rotatable bonds is 8. The third-order valence-electron chi connectivity index (χ3n) is 3.75. The Hall–Kier alpha value is -0.730. The first-order chi connectivity index (χ1) is 9.53. The third kappa shape index (κ3) is 4.68. The van der Waals surface area contributed by atoms with Crippen LogP contribution >= 0.6 is 11.6 Å². The number of benzene rings is 1. The van der Waals surface area contributed by atoms with Gasteiger partial charge in [0.1, 0.15) is 5.75 Å². The lowest BCUT2D eigenvalue weighted by Gasteiger charge is -2.19. The Labute approximate surface area is 128 Å². The van der Waals surface area contributed by atoms with Gasteiger partial charge < -0.3 is 10.5 Å². The van der Waals surface area contributed by atoms with Crippen LogP contribution in [0.3, 0.4) is 0 Å². The number of hydrogen-bond acceptors (Lipinski definition) is 2. The smallest absolute Gasteiger partial charge is 0.141 e. The molecule has 0 heterocycles. The van der Waals surface area contributed by atoms with Crippen LogP contribution in [-0.4, -0.2) is 12.6 Å². The average molecular weight is 298 g/mol. The van der Waals surface area contributed by atoms with Gasteiger partial charge in [-0.15, -0.1) is 0 Å². The van der Waals surface area contributed by atoms with Gasteiger partial charge in [0.2, 0.25) is 0 Å². The van der Waals surface area contributed by atoms with Crippen LogP contribution < -0.4 is 10.5 Å². The lowest BCUT2D eigenvalue weighted by atomic mass is 9.93. The minimum atomic E-state index is 0.193. The normalized spacial score (nSPS) is 14.1. The summed E-state index contributed by atoms with van der Waals surface area (Å²) in [4.78, 5) is 0. The second-order valence-corrected chi connectivity index (χ2v) is 5.93. The van der Waals surface area contributed by atoms with E-state index in [1.54, 1.807) is 0 Å². The fraction of sp³-hybridized carbons (Fsp3) is 0.647. The molecule has 0 aliphatic heterocycles. The van der Waals surface area contributed by atoms with Gasteiger partial charge in [-0.1, -0.05) is 45.4 Å². The summed E-state index contributed by atoms with van der Waals surface area (Å²) in [6, 6.07) is 4.42. The van der Waals surface area contributed by atoms with Gasteiger partial charge in [0.05, 0.1) is 11.6 Å². The molecule has 0 bridgehead atoms. The molecule has 1 aromatic rings. The van der Waals surface area contributed by atoms with Gasteiger partial charge in [-0.25, -0.2) is 0 Å². The maximum absolute atomic E-state index is 6.43. The highest BCUT2D eigenvalue weighted by atomic mass is 35.5. The van der Waals surface area contributed by atoms with Gasteiger partial charge in [-0.3, -0.25) is 0 Å². The molecule has 0 saturated heterocycles. The number of nitrogens with two attached hydrogens (primary N) is 1. The predicted octanol–water partition coefficient (Wildman–Crippen LogP) is 4.92. The Kier molecular flexibility index (Phi) is 7.39. The van der Waals surface area contributed by atoms with Crippen molar-refractivity contribution in [3.8, 4) is 5.75 Å². The molecule has 1 rings (SSSR count). The minimum absolute atomic E-state index is 0.193. The number of halogens is 1. The van der Waals surface area contributed by atoms with Crippen molar-refractivity contribution in [2.24, 2.45) is 5.73 Å². The zero-order valence-corrected chi connectivity index (χ0v) is 14.0.